The first-order chi connectivity index (χ1) is 14.7. The molecule has 2 heterocycles. The minimum absolute atomic E-state index is 0.0669. The maximum atomic E-state index is 12.4. The lowest BCUT2D eigenvalue weighted by molar-refractivity contribution is -0.119. The van der Waals surface area contributed by atoms with E-state index in [-0.39, 0.29) is 5.91 Å². The fourth-order valence-corrected chi connectivity index (χ4v) is 5.29. The van der Waals surface area contributed by atoms with E-state index in [9.17, 15) is 4.79 Å². The minimum Gasteiger partial charge on any atom is -0.352 e. The number of amides is 1. The van der Waals surface area contributed by atoms with Crippen LogP contribution in [0.25, 0.3) is 22.4 Å². The highest BCUT2D eigenvalue weighted by atomic mass is 32.1. The number of likely N-dealkylation sites (N-methyl/N-ethyl adjacent to an activating group) is 1. The smallest absolute Gasteiger partial charge is 0.239 e. The predicted octanol–water partition coefficient (Wildman–Crippen LogP) is 4.46. The topological polar surface area (TPSA) is 58.1 Å². The van der Waals surface area contributed by atoms with E-state index in [1.165, 1.54) is 23.3 Å². The Morgan fingerprint density at radius 2 is 1.97 bits per heavy atom. The van der Waals surface area contributed by atoms with Crippen molar-refractivity contribution in [2.45, 2.75) is 44.6 Å². The third kappa shape index (κ3) is 4.10. The monoisotopic (exact) mass is 418 g/mol. The number of rotatable bonds is 6. The van der Waals surface area contributed by atoms with Crippen molar-refractivity contribution in [2.24, 2.45) is 0 Å². The van der Waals surface area contributed by atoms with E-state index in [2.05, 4.69) is 17.4 Å². The minimum atomic E-state index is 0.0669. The molecule has 0 unspecified atom stereocenters. The van der Waals surface area contributed by atoms with Crippen molar-refractivity contribution >= 4 is 45.4 Å². The summed E-state index contributed by atoms with van der Waals surface area (Å²) in [7, 11) is 1.96. The molecule has 2 aromatic heterocycles. The number of aryl methyl sites for hydroxylation is 2. The molecule has 0 spiro atoms. The lowest BCUT2D eigenvalue weighted by atomic mass is 9.97. The molecule has 1 N–H and O–H groups in total. The Bertz CT molecular complexity index is 1100. The van der Waals surface area contributed by atoms with Crippen molar-refractivity contribution in [3.05, 3.63) is 52.2 Å². The Morgan fingerprint density at radius 1 is 1.17 bits per heavy atom. The van der Waals surface area contributed by atoms with Crippen LogP contribution in [0.2, 0.25) is 0 Å². The van der Waals surface area contributed by atoms with Crippen LogP contribution in [0.1, 0.15) is 47.5 Å². The third-order valence-corrected chi connectivity index (χ3v) is 6.91. The van der Waals surface area contributed by atoms with Crippen LogP contribution in [0.5, 0.6) is 0 Å². The molecule has 0 bridgehead atoms. The van der Waals surface area contributed by atoms with Gasteiger partial charge in [-0.3, -0.25) is 4.79 Å². The second-order valence-corrected chi connectivity index (χ2v) is 9.32. The Labute approximate surface area is 180 Å². The molecular formula is C24H26N4OS. The second-order valence-electron chi connectivity index (χ2n) is 8.24. The van der Waals surface area contributed by atoms with Crippen LogP contribution in [0, 0.1) is 0 Å². The number of fused-ring (bicyclic) bond motifs is 3. The first kappa shape index (κ1) is 19.2. The molecule has 6 heteroatoms. The number of thiophene rings is 1. The zero-order valence-electron chi connectivity index (χ0n) is 17.2. The van der Waals surface area contributed by atoms with E-state index in [0.29, 0.717) is 18.4 Å². The van der Waals surface area contributed by atoms with Gasteiger partial charge in [0.25, 0.3) is 0 Å². The zero-order chi connectivity index (χ0) is 20.5. The normalized spacial score (nSPS) is 16.0. The van der Waals surface area contributed by atoms with E-state index in [1.54, 1.807) is 11.3 Å². The van der Waals surface area contributed by atoms with Crippen molar-refractivity contribution in [3.8, 4) is 0 Å². The average molecular weight is 419 g/mol. The fraction of sp³-hybridized carbons (Fsp3) is 0.375. The highest BCUT2D eigenvalue weighted by Gasteiger charge is 2.26. The Balaban J connectivity index is 1.52. The van der Waals surface area contributed by atoms with Crippen molar-refractivity contribution in [2.75, 3.05) is 18.5 Å². The molecule has 5 nitrogen and oxygen atoms in total. The summed E-state index contributed by atoms with van der Waals surface area (Å²) in [6.07, 6.45) is 10.8. The molecule has 0 radical (unpaired) electrons. The Kier molecular flexibility index (Phi) is 5.25. The van der Waals surface area contributed by atoms with Gasteiger partial charge in [0.05, 0.1) is 11.9 Å². The van der Waals surface area contributed by atoms with Gasteiger partial charge in [-0.15, -0.1) is 11.3 Å². The second kappa shape index (κ2) is 8.19. The number of hydrogen-bond acceptors (Lipinski definition) is 5. The summed E-state index contributed by atoms with van der Waals surface area (Å²) in [5.74, 6) is 1.63. The van der Waals surface area contributed by atoms with Gasteiger partial charge in [0.15, 0.2) is 5.82 Å². The molecule has 0 atom stereocenters. The van der Waals surface area contributed by atoms with Crippen LogP contribution in [-0.4, -0.2) is 35.5 Å². The van der Waals surface area contributed by atoms with Crippen LogP contribution >= 0.6 is 11.3 Å². The van der Waals surface area contributed by atoms with Gasteiger partial charge in [0.1, 0.15) is 10.6 Å². The number of nitrogens with one attached hydrogen (secondary N) is 1. The average Bonchev–Trinajstić information content (AvgIpc) is 3.49. The van der Waals surface area contributed by atoms with Crippen molar-refractivity contribution in [1.29, 1.82) is 0 Å². The highest BCUT2D eigenvalue weighted by Crippen LogP contribution is 2.39. The standard InChI is InChI=1S/C24H26N4OS/c1-28(15-21(29)25-17-12-13-17)23-22-18-9-5-6-10-19(18)30-24(22)27-20(26-23)14-11-16-7-3-2-4-8-16/h2-4,7-8,11,14,17H,5-6,9-10,12-13,15H2,1H3,(H,25,29)/b14-11+. The Morgan fingerprint density at radius 3 is 2.77 bits per heavy atom. The molecule has 1 saturated carbocycles. The molecule has 5 rings (SSSR count). The van der Waals surface area contributed by atoms with E-state index in [1.807, 2.05) is 42.3 Å². The predicted molar refractivity (Wildman–Crippen MR) is 124 cm³/mol. The number of carbonyl (C=O) groups is 1. The molecular weight excluding hydrogens is 392 g/mol. The maximum absolute atomic E-state index is 12.4. The van der Waals surface area contributed by atoms with E-state index >= 15 is 0 Å². The molecule has 2 aliphatic rings. The molecule has 154 valence electrons. The number of aromatic nitrogens is 2. The summed E-state index contributed by atoms with van der Waals surface area (Å²) in [6.45, 7) is 0.315. The summed E-state index contributed by atoms with van der Waals surface area (Å²) >= 11 is 1.79. The first-order valence-electron chi connectivity index (χ1n) is 10.7. The summed E-state index contributed by atoms with van der Waals surface area (Å²) in [5.41, 5.74) is 2.51. The van der Waals surface area contributed by atoms with Crippen molar-refractivity contribution < 1.29 is 4.79 Å². The van der Waals surface area contributed by atoms with Crippen LogP contribution in [0.4, 0.5) is 5.82 Å². The molecule has 1 amide bonds. The van der Waals surface area contributed by atoms with Gasteiger partial charge in [0, 0.05) is 18.0 Å². The molecule has 3 aromatic rings. The summed E-state index contributed by atoms with van der Waals surface area (Å²) in [4.78, 5) is 26.7. The van der Waals surface area contributed by atoms with Gasteiger partial charge in [-0.25, -0.2) is 9.97 Å². The van der Waals surface area contributed by atoms with Crippen LogP contribution in [0.3, 0.4) is 0 Å². The zero-order valence-corrected chi connectivity index (χ0v) is 18.0. The highest BCUT2D eigenvalue weighted by molar-refractivity contribution is 7.19. The van der Waals surface area contributed by atoms with E-state index < -0.39 is 0 Å². The maximum Gasteiger partial charge on any atom is 0.239 e. The molecule has 0 saturated heterocycles. The largest absolute Gasteiger partial charge is 0.352 e. The van der Waals surface area contributed by atoms with Crippen LogP contribution < -0.4 is 10.2 Å². The van der Waals surface area contributed by atoms with Crippen LogP contribution in [-0.2, 0) is 17.6 Å². The van der Waals surface area contributed by atoms with Gasteiger partial charge in [-0.05, 0) is 55.7 Å². The van der Waals surface area contributed by atoms with Gasteiger partial charge in [-0.1, -0.05) is 36.4 Å². The van der Waals surface area contributed by atoms with Gasteiger partial charge >= 0.3 is 0 Å². The van der Waals surface area contributed by atoms with E-state index in [0.717, 1.165) is 47.3 Å². The number of carbonyl (C=O) groups excluding carboxylic acids is 1. The number of nitrogens with zero attached hydrogens (tertiary/aromatic N) is 3. The quantitative estimate of drug-likeness (QED) is 0.642. The Hall–Kier alpha value is -2.73. The van der Waals surface area contributed by atoms with E-state index in [4.69, 9.17) is 9.97 Å². The van der Waals surface area contributed by atoms with Gasteiger partial charge < -0.3 is 10.2 Å². The lowest BCUT2D eigenvalue weighted by Crippen LogP contribution is -2.36. The first-order valence-corrected chi connectivity index (χ1v) is 11.5. The molecule has 1 fully saturated rings. The summed E-state index contributed by atoms with van der Waals surface area (Å²) in [6, 6.07) is 10.6. The molecule has 30 heavy (non-hydrogen) atoms. The molecule has 2 aliphatic carbocycles. The van der Waals surface area contributed by atoms with Gasteiger partial charge in [0.2, 0.25) is 5.91 Å². The fourth-order valence-electron chi connectivity index (χ4n) is 4.03. The molecule has 0 aliphatic heterocycles. The number of anilines is 1. The summed E-state index contributed by atoms with van der Waals surface area (Å²) < 4.78 is 0. The third-order valence-electron chi connectivity index (χ3n) is 5.72. The van der Waals surface area contributed by atoms with Crippen LogP contribution in [0.15, 0.2) is 30.3 Å². The number of hydrogen-bond donors (Lipinski definition) is 1. The summed E-state index contributed by atoms with van der Waals surface area (Å²) in [5, 5.41) is 4.23. The van der Waals surface area contributed by atoms with Crippen molar-refractivity contribution in [1.82, 2.24) is 15.3 Å². The lowest BCUT2D eigenvalue weighted by Gasteiger charge is -2.20. The molecule has 1 aromatic carbocycles. The van der Waals surface area contributed by atoms with Crippen molar-refractivity contribution in [3.63, 3.8) is 0 Å². The number of benzene rings is 1. The SMILES string of the molecule is CN(CC(=O)NC1CC1)c1nc(/C=C/c2ccccc2)nc2sc3c(c12)CCCC3. The van der Waals surface area contributed by atoms with Gasteiger partial charge in [-0.2, -0.15) is 0 Å².